The van der Waals surface area contributed by atoms with Crippen LogP contribution in [0.3, 0.4) is 0 Å². The number of thiophene rings is 1. The van der Waals surface area contributed by atoms with Gasteiger partial charge in [-0.25, -0.2) is 4.79 Å². The van der Waals surface area contributed by atoms with Crippen LogP contribution in [0.1, 0.15) is 59.8 Å². The molecule has 1 unspecified atom stereocenters. The van der Waals surface area contributed by atoms with Crippen molar-refractivity contribution in [3.63, 3.8) is 0 Å². The largest absolute Gasteiger partial charge is 0.462 e. The van der Waals surface area contributed by atoms with Crippen molar-refractivity contribution >= 4 is 17.3 Å². The van der Waals surface area contributed by atoms with Gasteiger partial charge in [-0.3, -0.25) is 0 Å². The van der Waals surface area contributed by atoms with Crippen molar-refractivity contribution in [3.8, 4) is 0 Å². The van der Waals surface area contributed by atoms with Crippen LogP contribution in [-0.2, 0) is 11.2 Å². The Bertz CT molecular complexity index is 381. The van der Waals surface area contributed by atoms with Crippen molar-refractivity contribution in [1.29, 1.82) is 0 Å². The van der Waals surface area contributed by atoms with Crippen molar-refractivity contribution < 1.29 is 9.53 Å². The third kappa shape index (κ3) is 2.01. The van der Waals surface area contributed by atoms with E-state index in [0.29, 0.717) is 12.5 Å². The summed E-state index contributed by atoms with van der Waals surface area (Å²) >= 11 is 1.72. The first-order valence-electron chi connectivity index (χ1n) is 6.05. The molecule has 0 aromatic carbocycles. The lowest BCUT2D eigenvalue weighted by Gasteiger charge is -2.22. The minimum atomic E-state index is -0.139. The van der Waals surface area contributed by atoms with Gasteiger partial charge in [-0.1, -0.05) is 6.92 Å². The average molecular weight is 238 g/mol. The fraction of sp³-hybridized carbons (Fsp3) is 0.615. The predicted molar refractivity (Wildman–Crippen MR) is 66.2 cm³/mol. The number of hydrogen-bond donors (Lipinski definition) is 0. The molecule has 0 bridgehead atoms. The molecule has 0 saturated carbocycles. The van der Waals surface area contributed by atoms with Crippen molar-refractivity contribution in [3.05, 3.63) is 21.4 Å². The highest BCUT2D eigenvalue weighted by Crippen LogP contribution is 2.39. The smallest absolute Gasteiger partial charge is 0.339 e. The molecule has 0 aliphatic heterocycles. The van der Waals surface area contributed by atoms with Crippen LogP contribution < -0.4 is 0 Å². The lowest BCUT2D eigenvalue weighted by Crippen LogP contribution is -2.13. The summed E-state index contributed by atoms with van der Waals surface area (Å²) in [5, 5.41) is 1.98. The maximum absolute atomic E-state index is 11.8. The van der Waals surface area contributed by atoms with Gasteiger partial charge >= 0.3 is 5.97 Å². The Morgan fingerprint density at radius 1 is 1.56 bits per heavy atom. The molecule has 0 saturated heterocycles. The maximum atomic E-state index is 11.8. The molecule has 1 aromatic heterocycles. The van der Waals surface area contributed by atoms with Gasteiger partial charge in [0.2, 0.25) is 0 Å². The quantitative estimate of drug-likeness (QED) is 0.750. The summed E-state index contributed by atoms with van der Waals surface area (Å²) in [7, 11) is 0. The first-order valence-corrected chi connectivity index (χ1v) is 6.93. The topological polar surface area (TPSA) is 26.3 Å². The lowest BCUT2D eigenvalue weighted by atomic mass is 9.84. The fourth-order valence-electron chi connectivity index (χ4n) is 2.48. The van der Waals surface area contributed by atoms with Gasteiger partial charge in [0.15, 0.2) is 0 Å². The zero-order valence-electron chi connectivity index (χ0n) is 9.91. The van der Waals surface area contributed by atoms with E-state index in [1.807, 2.05) is 12.3 Å². The van der Waals surface area contributed by atoms with Crippen molar-refractivity contribution in [1.82, 2.24) is 0 Å². The van der Waals surface area contributed by atoms with Gasteiger partial charge in [0, 0.05) is 10.3 Å². The van der Waals surface area contributed by atoms with Crippen LogP contribution in [0, 0.1) is 0 Å². The van der Waals surface area contributed by atoms with Gasteiger partial charge in [-0.15, -0.1) is 11.3 Å². The Morgan fingerprint density at radius 3 is 3.06 bits per heavy atom. The number of rotatable bonds is 3. The number of aryl methyl sites for hydroxylation is 1. The maximum Gasteiger partial charge on any atom is 0.339 e. The Kier molecular flexibility index (Phi) is 3.64. The van der Waals surface area contributed by atoms with E-state index >= 15 is 0 Å². The summed E-state index contributed by atoms with van der Waals surface area (Å²) in [6, 6.07) is 0. The lowest BCUT2D eigenvalue weighted by molar-refractivity contribution is 0.0525. The van der Waals surface area contributed by atoms with E-state index in [2.05, 4.69) is 6.92 Å². The van der Waals surface area contributed by atoms with Crippen LogP contribution in [0.2, 0.25) is 0 Å². The number of fused-ring (bicyclic) bond motifs is 1. The zero-order chi connectivity index (χ0) is 11.5. The standard InChI is InChI=1S/C13H18O2S/c1-3-9-6-5-7-11-12(9)10(8-16-11)13(14)15-4-2/h8-9H,3-7H2,1-2H3. The average Bonchev–Trinajstić information content (AvgIpc) is 2.72. The summed E-state index contributed by atoms with van der Waals surface area (Å²) in [6.45, 7) is 4.51. The molecule has 16 heavy (non-hydrogen) atoms. The molecule has 1 aliphatic rings. The van der Waals surface area contributed by atoms with E-state index in [0.717, 1.165) is 18.4 Å². The van der Waals surface area contributed by atoms with Gasteiger partial charge in [-0.2, -0.15) is 0 Å². The first-order chi connectivity index (χ1) is 7.77. The fourth-order valence-corrected chi connectivity index (χ4v) is 3.63. The summed E-state index contributed by atoms with van der Waals surface area (Å²) in [5.74, 6) is 0.426. The molecule has 1 atom stereocenters. The molecule has 2 rings (SSSR count). The summed E-state index contributed by atoms with van der Waals surface area (Å²) in [5.41, 5.74) is 2.12. The first kappa shape index (κ1) is 11.6. The van der Waals surface area contributed by atoms with E-state index in [4.69, 9.17) is 4.74 Å². The summed E-state index contributed by atoms with van der Waals surface area (Å²) in [6.07, 6.45) is 4.73. The van der Waals surface area contributed by atoms with Gasteiger partial charge in [-0.05, 0) is 44.1 Å². The monoisotopic (exact) mass is 238 g/mol. The Hall–Kier alpha value is -0.830. The molecular formula is C13H18O2S. The molecule has 0 fully saturated rings. The van der Waals surface area contributed by atoms with Crippen LogP contribution in [0.4, 0.5) is 0 Å². The highest BCUT2D eigenvalue weighted by molar-refractivity contribution is 7.10. The summed E-state index contributed by atoms with van der Waals surface area (Å²) in [4.78, 5) is 13.2. The predicted octanol–water partition coefficient (Wildman–Crippen LogP) is 3.75. The molecule has 0 N–H and O–H groups in total. The number of ether oxygens (including phenoxy) is 1. The Balaban J connectivity index is 2.33. The second kappa shape index (κ2) is 5.00. The zero-order valence-corrected chi connectivity index (χ0v) is 10.7. The molecular weight excluding hydrogens is 220 g/mol. The van der Waals surface area contributed by atoms with Gasteiger partial charge in [0.1, 0.15) is 0 Å². The molecule has 0 radical (unpaired) electrons. The van der Waals surface area contributed by atoms with Crippen molar-refractivity contribution in [2.75, 3.05) is 6.61 Å². The molecule has 0 amide bonds. The van der Waals surface area contributed by atoms with Gasteiger partial charge < -0.3 is 4.74 Å². The third-order valence-corrected chi connectivity index (χ3v) is 4.32. The molecule has 1 heterocycles. The van der Waals surface area contributed by atoms with Crippen molar-refractivity contribution in [2.45, 2.75) is 45.4 Å². The second-order valence-electron chi connectivity index (χ2n) is 4.20. The van der Waals surface area contributed by atoms with Crippen LogP contribution >= 0.6 is 11.3 Å². The molecule has 88 valence electrons. The number of esters is 1. The van der Waals surface area contributed by atoms with Crippen LogP contribution in [0.5, 0.6) is 0 Å². The number of carbonyl (C=O) groups excluding carboxylic acids is 1. The Morgan fingerprint density at radius 2 is 2.38 bits per heavy atom. The molecule has 3 heteroatoms. The van der Waals surface area contributed by atoms with Crippen LogP contribution in [0.25, 0.3) is 0 Å². The summed E-state index contributed by atoms with van der Waals surface area (Å²) < 4.78 is 5.11. The van der Waals surface area contributed by atoms with E-state index < -0.39 is 0 Å². The van der Waals surface area contributed by atoms with E-state index in [1.165, 1.54) is 23.3 Å². The minimum absolute atomic E-state index is 0.139. The molecule has 1 aliphatic carbocycles. The third-order valence-electron chi connectivity index (χ3n) is 3.26. The van der Waals surface area contributed by atoms with Crippen LogP contribution in [0.15, 0.2) is 5.38 Å². The normalized spacial score (nSPS) is 19.2. The number of hydrogen-bond acceptors (Lipinski definition) is 3. The highest BCUT2D eigenvalue weighted by atomic mass is 32.1. The molecule has 0 spiro atoms. The SMILES string of the molecule is CCOC(=O)c1csc2c1C(CC)CCC2. The molecule has 1 aromatic rings. The van der Waals surface area contributed by atoms with Gasteiger partial charge in [0.25, 0.3) is 0 Å². The minimum Gasteiger partial charge on any atom is -0.462 e. The van der Waals surface area contributed by atoms with E-state index in [-0.39, 0.29) is 5.97 Å². The highest BCUT2D eigenvalue weighted by Gasteiger charge is 2.27. The van der Waals surface area contributed by atoms with Crippen molar-refractivity contribution in [2.24, 2.45) is 0 Å². The Labute approximate surface area is 101 Å². The van der Waals surface area contributed by atoms with Gasteiger partial charge in [0.05, 0.1) is 12.2 Å². The number of carbonyl (C=O) groups is 1. The van der Waals surface area contributed by atoms with E-state index in [1.54, 1.807) is 11.3 Å². The second-order valence-corrected chi connectivity index (χ2v) is 5.17. The molecule has 2 nitrogen and oxygen atoms in total. The van der Waals surface area contributed by atoms with E-state index in [9.17, 15) is 4.79 Å². The van der Waals surface area contributed by atoms with Crippen LogP contribution in [-0.4, -0.2) is 12.6 Å².